The predicted molar refractivity (Wildman–Crippen MR) is 103 cm³/mol. The molecule has 0 saturated carbocycles. The molecule has 6 heteroatoms. The number of halogens is 1. The molecule has 3 rings (SSSR count). The number of carbonyl (C=O) groups excluding carboxylic acids is 1. The second-order valence-electron chi connectivity index (χ2n) is 5.97. The molecule has 0 aliphatic heterocycles. The lowest BCUT2D eigenvalue weighted by atomic mass is 10.0. The van der Waals surface area contributed by atoms with Crippen LogP contribution in [0.25, 0.3) is 10.8 Å². The summed E-state index contributed by atoms with van der Waals surface area (Å²) in [5.41, 5.74) is 1.57. The number of amides is 1. The Balaban J connectivity index is 1.69. The summed E-state index contributed by atoms with van der Waals surface area (Å²) in [6, 6.07) is 16.2. The standard InChI is InChI=1S/C20H17BrN2O3/c21-19-16(6-3-9-22-19)12-17(20(25)26)23-18(24)11-13-7-8-14-4-1-2-5-15(14)10-13/h1-10,17H,11-12H2,(H,23,24)(H,25,26)/t17-/m0/s1. The molecule has 0 aliphatic rings. The molecule has 1 heterocycles. The summed E-state index contributed by atoms with van der Waals surface area (Å²) in [7, 11) is 0. The third-order valence-corrected chi connectivity index (χ3v) is 4.79. The fourth-order valence-corrected chi connectivity index (χ4v) is 3.18. The number of benzene rings is 2. The summed E-state index contributed by atoms with van der Waals surface area (Å²) < 4.78 is 0.579. The van der Waals surface area contributed by atoms with E-state index < -0.39 is 12.0 Å². The highest BCUT2D eigenvalue weighted by Gasteiger charge is 2.21. The molecule has 0 fully saturated rings. The number of aromatic nitrogens is 1. The van der Waals surface area contributed by atoms with Crippen molar-refractivity contribution in [1.82, 2.24) is 10.3 Å². The molecule has 1 atom stereocenters. The molecule has 132 valence electrons. The normalized spacial score (nSPS) is 11.9. The summed E-state index contributed by atoms with van der Waals surface area (Å²) in [5, 5.41) is 14.2. The lowest BCUT2D eigenvalue weighted by molar-refractivity contribution is -0.141. The summed E-state index contributed by atoms with van der Waals surface area (Å²) in [6.07, 6.45) is 1.90. The van der Waals surface area contributed by atoms with Crippen LogP contribution in [-0.2, 0) is 22.4 Å². The molecule has 0 bridgehead atoms. The molecule has 0 aliphatic carbocycles. The fourth-order valence-electron chi connectivity index (χ4n) is 2.77. The zero-order chi connectivity index (χ0) is 18.5. The van der Waals surface area contributed by atoms with Crippen LogP contribution in [-0.4, -0.2) is 28.0 Å². The van der Waals surface area contributed by atoms with Crippen molar-refractivity contribution in [3.05, 3.63) is 76.5 Å². The third kappa shape index (κ3) is 4.46. The molecular weight excluding hydrogens is 396 g/mol. The van der Waals surface area contributed by atoms with Crippen LogP contribution in [0.5, 0.6) is 0 Å². The van der Waals surface area contributed by atoms with E-state index in [1.807, 2.05) is 42.5 Å². The lowest BCUT2D eigenvalue weighted by Gasteiger charge is -2.15. The summed E-state index contributed by atoms with van der Waals surface area (Å²) >= 11 is 3.30. The first-order valence-electron chi connectivity index (χ1n) is 8.12. The van der Waals surface area contributed by atoms with E-state index in [2.05, 4.69) is 26.2 Å². The van der Waals surface area contributed by atoms with Gasteiger partial charge in [-0.25, -0.2) is 9.78 Å². The Morgan fingerprint density at radius 2 is 1.85 bits per heavy atom. The number of carboxylic acid groups (broad SMARTS) is 1. The zero-order valence-corrected chi connectivity index (χ0v) is 15.4. The lowest BCUT2D eigenvalue weighted by Crippen LogP contribution is -2.43. The number of hydrogen-bond donors (Lipinski definition) is 2. The van der Waals surface area contributed by atoms with E-state index in [4.69, 9.17) is 0 Å². The maximum absolute atomic E-state index is 12.3. The van der Waals surface area contributed by atoms with Crippen molar-refractivity contribution in [3.63, 3.8) is 0 Å². The number of hydrogen-bond acceptors (Lipinski definition) is 3. The highest BCUT2D eigenvalue weighted by atomic mass is 79.9. The van der Waals surface area contributed by atoms with E-state index >= 15 is 0 Å². The molecule has 0 spiro atoms. The maximum Gasteiger partial charge on any atom is 0.326 e. The van der Waals surface area contributed by atoms with Crippen LogP contribution < -0.4 is 5.32 Å². The molecule has 3 aromatic rings. The van der Waals surface area contributed by atoms with Crippen molar-refractivity contribution >= 4 is 38.6 Å². The predicted octanol–water partition coefficient (Wildman–Crippen LogP) is 3.35. The van der Waals surface area contributed by atoms with Crippen molar-refractivity contribution in [2.75, 3.05) is 0 Å². The first-order chi connectivity index (χ1) is 12.5. The monoisotopic (exact) mass is 412 g/mol. The quantitative estimate of drug-likeness (QED) is 0.608. The Morgan fingerprint density at radius 1 is 1.08 bits per heavy atom. The van der Waals surface area contributed by atoms with Crippen molar-refractivity contribution in [2.24, 2.45) is 0 Å². The van der Waals surface area contributed by atoms with Gasteiger partial charge in [-0.1, -0.05) is 48.5 Å². The van der Waals surface area contributed by atoms with E-state index in [9.17, 15) is 14.7 Å². The highest BCUT2D eigenvalue weighted by Crippen LogP contribution is 2.17. The van der Waals surface area contributed by atoms with Crippen LogP contribution in [0.3, 0.4) is 0 Å². The molecule has 0 unspecified atom stereocenters. The van der Waals surface area contributed by atoms with Gasteiger partial charge in [0.05, 0.1) is 6.42 Å². The number of carboxylic acids is 1. The minimum absolute atomic E-state index is 0.128. The van der Waals surface area contributed by atoms with Gasteiger partial charge in [0, 0.05) is 12.6 Å². The van der Waals surface area contributed by atoms with Gasteiger partial charge in [-0.05, 0) is 43.9 Å². The Morgan fingerprint density at radius 3 is 2.58 bits per heavy atom. The molecule has 0 saturated heterocycles. The summed E-state index contributed by atoms with van der Waals surface area (Å²) in [6.45, 7) is 0. The van der Waals surface area contributed by atoms with Crippen molar-refractivity contribution < 1.29 is 14.7 Å². The van der Waals surface area contributed by atoms with Crippen LogP contribution in [0.2, 0.25) is 0 Å². The largest absolute Gasteiger partial charge is 0.480 e. The number of rotatable bonds is 6. The third-order valence-electron chi connectivity index (χ3n) is 4.07. The molecule has 2 N–H and O–H groups in total. The number of pyridine rings is 1. The van der Waals surface area contributed by atoms with Gasteiger partial charge in [0.2, 0.25) is 5.91 Å². The second-order valence-corrected chi connectivity index (χ2v) is 6.73. The van der Waals surface area contributed by atoms with Gasteiger partial charge in [0.1, 0.15) is 10.6 Å². The van der Waals surface area contributed by atoms with Gasteiger partial charge in [-0.2, -0.15) is 0 Å². The van der Waals surface area contributed by atoms with Crippen LogP contribution in [0, 0.1) is 0 Å². The number of nitrogens with zero attached hydrogens (tertiary/aromatic N) is 1. The summed E-state index contributed by atoms with van der Waals surface area (Å²) in [4.78, 5) is 27.9. The molecule has 1 aromatic heterocycles. The number of fused-ring (bicyclic) bond motifs is 1. The first kappa shape index (κ1) is 18.1. The van der Waals surface area contributed by atoms with Gasteiger partial charge < -0.3 is 10.4 Å². The minimum atomic E-state index is -1.08. The SMILES string of the molecule is O=C(Cc1ccc2ccccc2c1)N[C@@H](Cc1cccnc1Br)C(=O)O. The van der Waals surface area contributed by atoms with E-state index in [-0.39, 0.29) is 18.7 Å². The van der Waals surface area contributed by atoms with Crippen molar-refractivity contribution in [3.8, 4) is 0 Å². The molecule has 5 nitrogen and oxygen atoms in total. The van der Waals surface area contributed by atoms with E-state index in [1.54, 1.807) is 18.3 Å². The van der Waals surface area contributed by atoms with Gasteiger partial charge in [0.25, 0.3) is 0 Å². The Kier molecular flexibility index (Phi) is 5.63. The fraction of sp³-hybridized carbons (Fsp3) is 0.150. The molecule has 0 radical (unpaired) electrons. The van der Waals surface area contributed by atoms with E-state index in [0.29, 0.717) is 4.60 Å². The topological polar surface area (TPSA) is 79.3 Å². The molecule has 26 heavy (non-hydrogen) atoms. The molecule has 1 amide bonds. The summed E-state index contributed by atoms with van der Waals surface area (Å²) in [5.74, 6) is -1.40. The van der Waals surface area contributed by atoms with Gasteiger partial charge >= 0.3 is 5.97 Å². The van der Waals surface area contributed by atoms with Crippen LogP contribution >= 0.6 is 15.9 Å². The maximum atomic E-state index is 12.3. The van der Waals surface area contributed by atoms with Gasteiger partial charge in [-0.3, -0.25) is 4.79 Å². The Hall–Kier alpha value is -2.73. The zero-order valence-electron chi connectivity index (χ0n) is 13.9. The average Bonchev–Trinajstić information content (AvgIpc) is 2.62. The number of nitrogens with one attached hydrogen (secondary N) is 1. The van der Waals surface area contributed by atoms with E-state index in [1.165, 1.54) is 0 Å². The first-order valence-corrected chi connectivity index (χ1v) is 8.91. The van der Waals surface area contributed by atoms with Crippen molar-refractivity contribution in [1.29, 1.82) is 0 Å². The van der Waals surface area contributed by atoms with Gasteiger partial charge in [-0.15, -0.1) is 0 Å². The Bertz CT molecular complexity index is 958. The highest BCUT2D eigenvalue weighted by molar-refractivity contribution is 9.10. The average molecular weight is 413 g/mol. The molecular formula is C20H17BrN2O3. The van der Waals surface area contributed by atoms with Crippen molar-refractivity contribution in [2.45, 2.75) is 18.9 Å². The van der Waals surface area contributed by atoms with Crippen LogP contribution in [0.4, 0.5) is 0 Å². The van der Waals surface area contributed by atoms with Crippen LogP contribution in [0.15, 0.2) is 65.4 Å². The number of aliphatic carboxylic acids is 1. The number of carbonyl (C=O) groups is 2. The van der Waals surface area contributed by atoms with Gasteiger partial charge in [0.15, 0.2) is 0 Å². The van der Waals surface area contributed by atoms with Crippen LogP contribution in [0.1, 0.15) is 11.1 Å². The van der Waals surface area contributed by atoms with E-state index in [0.717, 1.165) is 21.9 Å². The minimum Gasteiger partial charge on any atom is -0.480 e. The second kappa shape index (κ2) is 8.10. The molecule has 2 aromatic carbocycles. The Labute approximate surface area is 159 Å². The smallest absolute Gasteiger partial charge is 0.326 e.